The number of aryl methyl sites for hydroxylation is 1. The molecule has 1 heterocycles. The fourth-order valence-electron chi connectivity index (χ4n) is 2.43. The summed E-state index contributed by atoms with van der Waals surface area (Å²) in [5.74, 6) is 0.587. The quantitative estimate of drug-likeness (QED) is 0.882. The van der Waals surface area contributed by atoms with Crippen LogP contribution in [0, 0.1) is 6.92 Å². The molecule has 5 nitrogen and oxygen atoms in total. The molecule has 6 heteroatoms. The molecule has 124 valence electrons. The van der Waals surface area contributed by atoms with Crippen LogP contribution >= 0.6 is 0 Å². The third-order valence-corrected chi connectivity index (χ3v) is 5.10. The maximum absolute atomic E-state index is 12.7. The second kappa shape index (κ2) is 7.10. The number of hydrogen-bond donors (Lipinski definition) is 1. The first-order valence-corrected chi connectivity index (χ1v) is 8.90. The molecule has 0 aliphatic heterocycles. The number of pyridine rings is 1. The SMILES string of the molecule is COc1cc(C)c(C(C)C)cc1S(=O)(=O)NCc1ccncc1. The van der Waals surface area contributed by atoms with E-state index in [1.54, 1.807) is 36.7 Å². The van der Waals surface area contributed by atoms with Gasteiger partial charge in [-0.1, -0.05) is 13.8 Å². The van der Waals surface area contributed by atoms with E-state index in [0.29, 0.717) is 5.75 Å². The largest absolute Gasteiger partial charge is 0.495 e. The summed E-state index contributed by atoms with van der Waals surface area (Å²) in [6, 6.07) is 7.02. The molecule has 0 bridgehead atoms. The zero-order valence-electron chi connectivity index (χ0n) is 13.8. The monoisotopic (exact) mass is 334 g/mol. The number of methoxy groups -OCH3 is 1. The van der Waals surface area contributed by atoms with Gasteiger partial charge in [0.1, 0.15) is 10.6 Å². The van der Waals surface area contributed by atoms with Crippen molar-refractivity contribution in [3.05, 3.63) is 53.3 Å². The Balaban J connectivity index is 2.36. The maximum Gasteiger partial charge on any atom is 0.244 e. The molecule has 0 aliphatic rings. The normalized spacial score (nSPS) is 11.7. The summed E-state index contributed by atoms with van der Waals surface area (Å²) in [5.41, 5.74) is 2.86. The number of ether oxygens (including phenoxy) is 1. The number of nitrogens with zero attached hydrogens (tertiary/aromatic N) is 1. The predicted octanol–water partition coefficient (Wildman–Crippen LogP) is 3.00. The van der Waals surface area contributed by atoms with Crippen LogP contribution in [-0.2, 0) is 16.6 Å². The standard InChI is InChI=1S/C17H22N2O3S/c1-12(2)15-10-17(16(22-4)9-13(15)3)23(20,21)19-11-14-5-7-18-8-6-14/h5-10,12,19H,11H2,1-4H3. The van der Waals surface area contributed by atoms with Crippen molar-refractivity contribution >= 4 is 10.0 Å². The van der Waals surface area contributed by atoms with Crippen LogP contribution in [-0.4, -0.2) is 20.5 Å². The minimum absolute atomic E-state index is 0.170. The Hall–Kier alpha value is -1.92. The molecule has 2 rings (SSSR count). The Morgan fingerprint density at radius 1 is 1.22 bits per heavy atom. The van der Waals surface area contributed by atoms with E-state index in [0.717, 1.165) is 16.7 Å². The van der Waals surface area contributed by atoms with E-state index in [2.05, 4.69) is 9.71 Å². The molecule has 2 aromatic rings. The molecule has 0 aliphatic carbocycles. The van der Waals surface area contributed by atoms with Crippen LogP contribution in [0.25, 0.3) is 0 Å². The Morgan fingerprint density at radius 3 is 2.43 bits per heavy atom. The minimum atomic E-state index is -3.67. The highest BCUT2D eigenvalue weighted by Crippen LogP contribution is 2.31. The van der Waals surface area contributed by atoms with E-state index in [-0.39, 0.29) is 17.4 Å². The molecule has 0 unspecified atom stereocenters. The zero-order valence-corrected chi connectivity index (χ0v) is 14.6. The molecular weight excluding hydrogens is 312 g/mol. The van der Waals surface area contributed by atoms with Gasteiger partial charge in [0.15, 0.2) is 0 Å². The molecule has 0 spiro atoms. The second-order valence-corrected chi connectivity index (χ2v) is 7.43. The molecule has 0 atom stereocenters. The molecular formula is C17H22N2O3S. The molecule has 0 radical (unpaired) electrons. The fourth-order valence-corrected chi connectivity index (χ4v) is 3.63. The predicted molar refractivity (Wildman–Crippen MR) is 90.1 cm³/mol. The van der Waals surface area contributed by atoms with E-state index in [1.807, 2.05) is 20.8 Å². The topological polar surface area (TPSA) is 68.3 Å². The average molecular weight is 334 g/mol. The lowest BCUT2D eigenvalue weighted by Crippen LogP contribution is -2.24. The van der Waals surface area contributed by atoms with Gasteiger partial charge >= 0.3 is 0 Å². The van der Waals surface area contributed by atoms with Crippen LogP contribution < -0.4 is 9.46 Å². The van der Waals surface area contributed by atoms with Crippen LogP contribution in [0.4, 0.5) is 0 Å². The smallest absolute Gasteiger partial charge is 0.244 e. The summed E-state index contributed by atoms with van der Waals surface area (Å²) in [7, 11) is -2.19. The number of aromatic nitrogens is 1. The molecule has 0 saturated carbocycles. The van der Waals surface area contributed by atoms with Gasteiger partial charge in [-0.2, -0.15) is 0 Å². The zero-order chi connectivity index (χ0) is 17.0. The highest BCUT2D eigenvalue weighted by Gasteiger charge is 2.22. The lowest BCUT2D eigenvalue weighted by atomic mass is 9.98. The number of nitrogens with one attached hydrogen (secondary N) is 1. The first kappa shape index (κ1) is 17.4. The van der Waals surface area contributed by atoms with Crippen molar-refractivity contribution in [1.29, 1.82) is 0 Å². The molecule has 1 N–H and O–H groups in total. The summed E-state index contributed by atoms with van der Waals surface area (Å²) in [6.45, 7) is 6.24. The van der Waals surface area contributed by atoms with Gasteiger partial charge in [-0.15, -0.1) is 0 Å². The van der Waals surface area contributed by atoms with Gasteiger partial charge in [0, 0.05) is 18.9 Å². The first-order chi connectivity index (χ1) is 10.8. The van der Waals surface area contributed by atoms with E-state index in [4.69, 9.17) is 4.74 Å². The third kappa shape index (κ3) is 4.09. The molecule has 1 aromatic heterocycles. The van der Waals surface area contributed by atoms with E-state index < -0.39 is 10.0 Å². The molecule has 23 heavy (non-hydrogen) atoms. The van der Waals surface area contributed by atoms with Gasteiger partial charge in [-0.25, -0.2) is 13.1 Å². The Morgan fingerprint density at radius 2 is 1.87 bits per heavy atom. The van der Waals surface area contributed by atoms with Crippen molar-refractivity contribution in [3.8, 4) is 5.75 Å². The molecule has 0 fully saturated rings. The highest BCUT2D eigenvalue weighted by atomic mass is 32.2. The number of benzene rings is 1. The van der Waals surface area contributed by atoms with Crippen molar-refractivity contribution in [2.45, 2.75) is 38.1 Å². The summed E-state index contributed by atoms with van der Waals surface area (Å²) >= 11 is 0. The van der Waals surface area contributed by atoms with E-state index >= 15 is 0 Å². The van der Waals surface area contributed by atoms with Crippen LogP contribution in [0.1, 0.15) is 36.5 Å². The molecule has 1 aromatic carbocycles. The van der Waals surface area contributed by atoms with Gasteiger partial charge in [0.2, 0.25) is 10.0 Å². The fraction of sp³-hybridized carbons (Fsp3) is 0.353. The highest BCUT2D eigenvalue weighted by molar-refractivity contribution is 7.89. The molecule has 0 saturated heterocycles. The molecule has 0 amide bonds. The number of hydrogen-bond acceptors (Lipinski definition) is 4. The van der Waals surface area contributed by atoms with Gasteiger partial charge in [-0.3, -0.25) is 4.98 Å². The lowest BCUT2D eigenvalue weighted by molar-refractivity contribution is 0.401. The summed E-state index contributed by atoms with van der Waals surface area (Å²) in [6.07, 6.45) is 3.26. The number of sulfonamides is 1. The summed E-state index contributed by atoms with van der Waals surface area (Å²) in [4.78, 5) is 4.09. The van der Waals surface area contributed by atoms with Crippen molar-refractivity contribution in [2.24, 2.45) is 0 Å². The second-order valence-electron chi connectivity index (χ2n) is 5.69. The van der Waals surface area contributed by atoms with Crippen LogP contribution in [0.2, 0.25) is 0 Å². The average Bonchev–Trinajstić information content (AvgIpc) is 2.53. The maximum atomic E-state index is 12.7. The number of rotatable bonds is 6. The summed E-state index contributed by atoms with van der Waals surface area (Å²) in [5, 5.41) is 0. The van der Waals surface area contributed by atoms with Crippen molar-refractivity contribution < 1.29 is 13.2 Å². The van der Waals surface area contributed by atoms with Gasteiger partial charge in [-0.05, 0) is 53.8 Å². The first-order valence-electron chi connectivity index (χ1n) is 7.42. The van der Waals surface area contributed by atoms with Gasteiger partial charge < -0.3 is 4.74 Å². The van der Waals surface area contributed by atoms with Crippen molar-refractivity contribution in [1.82, 2.24) is 9.71 Å². The minimum Gasteiger partial charge on any atom is -0.495 e. The van der Waals surface area contributed by atoms with Crippen LogP contribution in [0.15, 0.2) is 41.6 Å². The van der Waals surface area contributed by atoms with Crippen LogP contribution in [0.5, 0.6) is 5.75 Å². The van der Waals surface area contributed by atoms with Gasteiger partial charge in [0.25, 0.3) is 0 Å². The van der Waals surface area contributed by atoms with Crippen molar-refractivity contribution in [3.63, 3.8) is 0 Å². The third-order valence-electron chi connectivity index (χ3n) is 3.68. The Labute approximate surface area is 137 Å². The van der Waals surface area contributed by atoms with Crippen LogP contribution in [0.3, 0.4) is 0 Å². The lowest BCUT2D eigenvalue weighted by Gasteiger charge is -2.16. The van der Waals surface area contributed by atoms with Gasteiger partial charge in [0.05, 0.1) is 7.11 Å². The van der Waals surface area contributed by atoms with E-state index in [1.165, 1.54) is 7.11 Å². The van der Waals surface area contributed by atoms with Crippen molar-refractivity contribution in [2.75, 3.05) is 7.11 Å². The van der Waals surface area contributed by atoms with E-state index in [9.17, 15) is 8.42 Å². The summed E-state index contributed by atoms with van der Waals surface area (Å²) < 4.78 is 33.2. The Bertz CT molecular complexity index is 772. The Kier molecular flexibility index (Phi) is 5.38.